The molecule has 0 unspecified atom stereocenters. The van der Waals surface area contributed by atoms with Gasteiger partial charge in [0.2, 0.25) is 15.9 Å². The molecule has 0 spiro atoms. The lowest BCUT2D eigenvalue weighted by atomic mass is 10.1. The summed E-state index contributed by atoms with van der Waals surface area (Å²) in [4.78, 5) is 13.0. The van der Waals surface area contributed by atoms with Gasteiger partial charge in [-0.2, -0.15) is 4.31 Å². The van der Waals surface area contributed by atoms with Crippen molar-refractivity contribution in [3.05, 3.63) is 91.9 Å². The van der Waals surface area contributed by atoms with E-state index in [1.807, 2.05) is 19.1 Å². The van der Waals surface area contributed by atoms with Crippen molar-refractivity contribution < 1.29 is 13.2 Å². The van der Waals surface area contributed by atoms with Crippen molar-refractivity contribution in [2.75, 3.05) is 11.9 Å². The number of anilines is 1. The highest BCUT2D eigenvalue weighted by Crippen LogP contribution is 2.28. The Morgan fingerprint density at radius 3 is 2.06 bits per heavy atom. The Kier molecular flexibility index (Phi) is 8.08. The largest absolute Gasteiger partial charge is 0.325 e. The quantitative estimate of drug-likeness (QED) is 0.388. The average Bonchev–Trinajstić information content (AvgIpc) is 2.71. The van der Waals surface area contributed by atoms with Crippen molar-refractivity contribution in [2.45, 2.75) is 32.2 Å². The molecule has 0 bridgehead atoms. The number of carbonyl (C=O) groups is 1. The first-order valence-corrected chi connectivity index (χ1v) is 12.6. The molecular formula is C24H23Cl3N2O3S. The van der Waals surface area contributed by atoms with E-state index in [9.17, 15) is 13.2 Å². The number of amides is 1. The summed E-state index contributed by atoms with van der Waals surface area (Å²) in [6, 6.07) is 15.1. The number of hydrogen-bond donors (Lipinski definition) is 1. The molecule has 3 aromatic carbocycles. The molecular weight excluding hydrogens is 503 g/mol. The lowest BCUT2D eigenvalue weighted by Gasteiger charge is -2.24. The molecule has 33 heavy (non-hydrogen) atoms. The standard InChI is InChI=1S/C24H23Cl3N2O3S/c1-15-10-16(2)24(17(3)11-15)33(31,32)29(13-18-4-6-19(25)7-5-18)14-23(30)28-20-8-9-21(26)22(27)12-20/h4-12H,13-14H2,1-3H3,(H,28,30). The summed E-state index contributed by atoms with van der Waals surface area (Å²) in [5.41, 5.74) is 3.33. The molecule has 1 N–H and O–H groups in total. The summed E-state index contributed by atoms with van der Waals surface area (Å²) in [6.07, 6.45) is 0. The molecule has 0 aromatic heterocycles. The van der Waals surface area contributed by atoms with Crippen molar-refractivity contribution in [2.24, 2.45) is 0 Å². The highest BCUT2D eigenvalue weighted by Gasteiger charge is 2.30. The van der Waals surface area contributed by atoms with Gasteiger partial charge in [-0.05, 0) is 67.8 Å². The zero-order chi connectivity index (χ0) is 24.3. The second-order valence-corrected chi connectivity index (χ2v) is 10.9. The fourth-order valence-corrected chi connectivity index (χ4v) is 5.88. The minimum atomic E-state index is -4.00. The van der Waals surface area contributed by atoms with E-state index in [2.05, 4.69) is 5.32 Å². The van der Waals surface area contributed by atoms with Gasteiger partial charge in [0, 0.05) is 17.3 Å². The molecule has 0 aliphatic carbocycles. The third-order valence-electron chi connectivity index (χ3n) is 5.00. The lowest BCUT2D eigenvalue weighted by Crippen LogP contribution is -2.38. The average molecular weight is 526 g/mol. The van der Waals surface area contributed by atoms with Crippen molar-refractivity contribution in [3.8, 4) is 0 Å². The number of aryl methyl sites for hydroxylation is 3. The predicted molar refractivity (Wildman–Crippen MR) is 135 cm³/mol. The molecule has 0 heterocycles. The topological polar surface area (TPSA) is 66.5 Å². The Labute approximate surface area is 209 Å². The van der Waals surface area contributed by atoms with Crippen LogP contribution in [0.3, 0.4) is 0 Å². The summed E-state index contributed by atoms with van der Waals surface area (Å²) in [7, 11) is -4.00. The fraction of sp³-hybridized carbons (Fsp3) is 0.208. The number of hydrogen-bond acceptors (Lipinski definition) is 3. The van der Waals surface area contributed by atoms with Crippen LogP contribution in [0.4, 0.5) is 5.69 Å². The first-order valence-electron chi connectivity index (χ1n) is 10.0. The van der Waals surface area contributed by atoms with Crippen molar-refractivity contribution in [3.63, 3.8) is 0 Å². The van der Waals surface area contributed by atoms with Crippen molar-refractivity contribution >= 4 is 56.4 Å². The first kappa shape index (κ1) is 25.5. The van der Waals surface area contributed by atoms with E-state index in [-0.39, 0.29) is 16.5 Å². The van der Waals surface area contributed by atoms with Crippen LogP contribution in [0.25, 0.3) is 0 Å². The third-order valence-corrected chi connectivity index (χ3v) is 8.09. The number of nitrogens with one attached hydrogen (secondary N) is 1. The molecule has 3 rings (SSSR count). The van der Waals surface area contributed by atoms with Gasteiger partial charge in [-0.25, -0.2) is 8.42 Å². The van der Waals surface area contributed by atoms with Crippen LogP contribution in [0.5, 0.6) is 0 Å². The van der Waals surface area contributed by atoms with Crippen LogP contribution in [-0.4, -0.2) is 25.2 Å². The van der Waals surface area contributed by atoms with E-state index < -0.39 is 22.5 Å². The summed E-state index contributed by atoms with van der Waals surface area (Å²) < 4.78 is 28.6. The normalized spacial score (nSPS) is 11.6. The van der Waals surface area contributed by atoms with E-state index >= 15 is 0 Å². The fourth-order valence-electron chi connectivity index (χ4n) is 3.66. The molecule has 3 aromatic rings. The zero-order valence-corrected chi connectivity index (χ0v) is 21.4. The van der Waals surface area contributed by atoms with E-state index in [4.69, 9.17) is 34.8 Å². The maximum atomic E-state index is 13.7. The monoisotopic (exact) mass is 524 g/mol. The molecule has 174 valence electrons. The van der Waals surface area contributed by atoms with Gasteiger partial charge >= 0.3 is 0 Å². The van der Waals surface area contributed by atoms with Crippen LogP contribution in [0.2, 0.25) is 15.1 Å². The minimum Gasteiger partial charge on any atom is -0.325 e. The Balaban J connectivity index is 1.95. The summed E-state index contributed by atoms with van der Waals surface area (Å²) in [5.74, 6) is -0.506. The van der Waals surface area contributed by atoms with Crippen LogP contribution in [-0.2, 0) is 21.4 Å². The molecule has 0 radical (unpaired) electrons. The van der Waals surface area contributed by atoms with Gasteiger partial charge in [0.1, 0.15) is 0 Å². The van der Waals surface area contributed by atoms with Crippen LogP contribution >= 0.6 is 34.8 Å². The predicted octanol–water partition coefficient (Wildman–Crippen LogP) is 6.40. The molecule has 0 fully saturated rings. The van der Waals surface area contributed by atoms with Crippen LogP contribution in [0.15, 0.2) is 59.5 Å². The van der Waals surface area contributed by atoms with Gasteiger partial charge in [0.15, 0.2) is 0 Å². The number of benzene rings is 3. The second kappa shape index (κ2) is 10.5. The molecule has 5 nitrogen and oxygen atoms in total. The summed E-state index contributed by atoms with van der Waals surface area (Å²) in [6.45, 7) is 5.03. The SMILES string of the molecule is Cc1cc(C)c(S(=O)(=O)N(CC(=O)Nc2ccc(Cl)c(Cl)c2)Cc2ccc(Cl)cc2)c(C)c1. The smallest absolute Gasteiger partial charge is 0.244 e. The maximum Gasteiger partial charge on any atom is 0.244 e. The Hall–Kier alpha value is -2.09. The van der Waals surface area contributed by atoms with Gasteiger partial charge in [0.05, 0.1) is 21.5 Å². The molecule has 9 heteroatoms. The van der Waals surface area contributed by atoms with E-state index in [0.717, 1.165) is 9.87 Å². The summed E-state index contributed by atoms with van der Waals surface area (Å²) in [5, 5.41) is 3.86. The zero-order valence-electron chi connectivity index (χ0n) is 18.3. The van der Waals surface area contributed by atoms with E-state index in [1.165, 1.54) is 6.07 Å². The molecule has 0 saturated carbocycles. The van der Waals surface area contributed by atoms with Gasteiger partial charge in [0.25, 0.3) is 0 Å². The van der Waals surface area contributed by atoms with Crippen LogP contribution in [0.1, 0.15) is 22.3 Å². The van der Waals surface area contributed by atoms with Gasteiger partial charge < -0.3 is 5.32 Å². The van der Waals surface area contributed by atoms with Gasteiger partial charge in [-0.3, -0.25) is 4.79 Å². The Bertz CT molecular complexity index is 1270. The lowest BCUT2D eigenvalue weighted by molar-refractivity contribution is -0.116. The number of halogens is 3. The number of carbonyl (C=O) groups excluding carboxylic acids is 1. The molecule has 0 aliphatic rings. The van der Waals surface area contributed by atoms with Crippen LogP contribution in [0, 0.1) is 20.8 Å². The Morgan fingerprint density at radius 1 is 0.879 bits per heavy atom. The van der Waals surface area contributed by atoms with E-state index in [0.29, 0.717) is 32.4 Å². The van der Waals surface area contributed by atoms with Gasteiger partial charge in [-0.1, -0.05) is 64.6 Å². The highest BCUT2D eigenvalue weighted by molar-refractivity contribution is 7.89. The molecule has 0 aliphatic heterocycles. The molecule has 1 amide bonds. The highest BCUT2D eigenvalue weighted by atomic mass is 35.5. The van der Waals surface area contributed by atoms with Crippen molar-refractivity contribution in [1.82, 2.24) is 4.31 Å². The Morgan fingerprint density at radius 2 is 1.48 bits per heavy atom. The summed E-state index contributed by atoms with van der Waals surface area (Å²) >= 11 is 17.9. The van der Waals surface area contributed by atoms with Crippen LogP contribution < -0.4 is 5.32 Å². The second-order valence-electron chi connectivity index (χ2n) is 7.80. The number of rotatable bonds is 7. The van der Waals surface area contributed by atoms with Crippen molar-refractivity contribution in [1.29, 1.82) is 0 Å². The first-order chi connectivity index (χ1) is 15.5. The number of nitrogens with zero attached hydrogens (tertiary/aromatic N) is 1. The van der Waals surface area contributed by atoms with Gasteiger partial charge in [-0.15, -0.1) is 0 Å². The van der Waals surface area contributed by atoms with E-state index in [1.54, 1.807) is 50.2 Å². The molecule has 0 atom stereocenters. The third kappa shape index (κ3) is 6.28. The maximum absolute atomic E-state index is 13.7. The molecule has 0 saturated heterocycles. The number of sulfonamides is 1. The minimum absolute atomic E-state index is 0.00104.